The highest BCUT2D eigenvalue weighted by atomic mass is 32.1. The molecule has 0 aliphatic heterocycles. The molecule has 2 amide bonds. The highest BCUT2D eigenvalue weighted by Gasteiger charge is 2.55. The molecule has 4 saturated carbocycles. The van der Waals surface area contributed by atoms with Crippen LogP contribution in [0.15, 0.2) is 0 Å². The number of aromatic nitrogens is 1. The predicted molar refractivity (Wildman–Crippen MR) is 121 cm³/mol. The summed E-state index contributed by atoms with van der Waals surface area (Å²) in [5, 5.41) is 3.56. The summed E-state index contributed by atoms with van der Waals surface area (Å²) in [7, 11) is 4.09. The van der Waals surface area contributed by atoms with Crippen molar-refractivity contribution in [1.82, 2.24) is 14.8 Å². The molecule has 0 aromatic carbocycles. The van der Waals surface area contributed by atoms with Crippen molar-refractivity contribution in [3.8, 4) is 0 Å². The monoisotopic (exact) mass is 432 g/mol. The molecule has 4 aliphatic carbocycles. The molecule has 4 bridgehead atoms. The molecule has 1 N–H and O–H groups in total. The van der Waals surface area contributed by atoms with Crippen LogP contribution in [-0.4, -0.2) is 60.3 Å². The van der Waals surface area contributed by atoms with Crippen molar-refractivity contribution in [3.63, 3.8) is 0 Å². The van der Waals surface area contributed by atoms with E-state index in [0.29, 0.717) is 11.7 Å². The summed E-state index contributed by atoms with van der Waals surface area (Å²) in [5.41, 5.74) is 0.740. The maximum atomic E-state index is 13.8. The van der Waals surface area contributed by atoms with E-state index in [1.165, 1.54) is 30.6 Å². The van der Waals surface area contributed by atoms with Gasteiger partial charge in [0, 0.05) is 11.4 Å². The first-order valence-corrected chi connectivity index (χ1v) is 12.2. The standard InChI is InChI=1S/C23H36N4O2S/c1-15-16(2)30-22(24-15)25-20(28)14-27(7-5-6-26(3)4)21(29)23-11-17-8-18(12-23)10-19(9-17)13-23/h17-19H,5-14H2,1-4H3,(H,24,25,28). The summed E-state index contributed by atoms with van der Waals surface area (Å²) in [5.74, 6) is 2.27. The van der Waals surface area contributed by atoms with Gasteiger partial charge in [-0.3, -0.25) is 9.59 Å². The summed E-state index contributed by atoms with van der Waals surface area (Å²) in [4.78, 5) is 36.2. The first-order chi connectivity index (χ1) is 14.2. The van der Waals surface area contributed by atoms with Crippen molar-refractivity contribution in [1.29, 1.82) is 0 Å². The fourth-order valence-corrected chi connectivity index (χ4v) is 7.23. The highest BCUT2D eigenvalue weighted by Crippen LogP contribution is 2.60. The Balaban J connectivity index is 1.46. The zero-order chi connectivity index (χ0) is 21.5. The molecule has 4 fully saturated rings. The number of carbonyl (C=O) groups is 2. The molecule has 5 rings (SSSR count). The topological polar surface area (TPSA) is 65.5 Å². The largest absolute Gasteiger partial charge is 0.333 e. The summed E-state index contributed by atoms with van der Waals surface area (Å²) in [6.45, 7) is 5.64. The van der Waals surface area contributed by atoms with Crippen LogP contribution in [0, 0.1) is 37.0 Å². The number of carbonyl (C=O) groups excluding carboxylic acids is 2. The fourth-order valence-electron chi connectivity index (χ4n) is 6.40. The Morgan fingerprint density at radius 2 is 1.67 bits per heavy atom. The van der Waals surface area contributed by atoms with Crippen molar-refractivity contribution < 1.29 is 9.59 Å². The van der Waals surface area contributed by atoms with Gasteiger partial charge in [0.15, 0.2) is 5.13 Å². The van der Waals surface area contributed by atoms with Crippen LogP contribution < -0.4 is 5.32 Å². The van der Waals surface area contributed by atoms with Gasteiger partial charge in [0.1, 0.15) is 0 Å². The van der Waals surface area contributed by atoms with E-state index in [1.54, 1.807) is 0 Å². The van der Waals surface area contributed by atoms with Gasteiger partial charge < -0.3 is 15.1 Å². The molecule has 0 saturated heterocycles. The average molecular weight is 433 g/mol. The van der Waals surface area contributed by atoms with Gasteiger partial charge in [0.05, 0.1) is 17.7 Å². The molecule has 4 aliphatic rings. The minimum atomic E-state index is -0.207. The van der Waals surface area contributed by atoms with Crippen molar-refractivity contribution in [2.45, 2.75) is 58.8 Å². The lowest BCUT2D eigenvalue weighted by Crippen LogP contribution is -2.55. The molecule has 1 aromatic rings. The third-order valence-electron chi connectivity index (χ3n) is 7.42. The van der Waals surface area contributed by atoms with Gasteiger partial charge in [-0.1, -0.05) is 0 Å². The summed E-state index contributed by atoms with van der Waals surface area (Å²) < 4.78 is 0. The van der Waals surface area contributed by atoms with Gasteiger partial charge in [-0.05, 0) is 97.2 Å². The maximum Gasteiger partial charge on any atom is 0.245 e. The number of anilines is 1. The first-order valence-electron chi connectivity index (χ1n) is 11.4. The number of hydrogen-bond acceptors (Lipinski definition) is 5. The first kappa shape index (κ1) is 21.8. The average Bonchev–Trinajstić information content (AvgIpc) is 2.95. The predicted octanol–water partition coefficient (Wildman–Crippen LogP) is 3.70. The number of aryl methyl sites for hydroxylation is 2. The smallest absolute Gasteiger partial charge is 0.245 e. The van der Waals surface area contributed by atoms with Gasteiger partial charge in [-0.2, -0.15) is 0 Å². The second kappa shape index (κ2) is 8.58. The Bertz CT molecular complexity index is 748. The van der Waals surface area contributed by atoms with Gasteiger partial charge in [-0.15, -0.1) is 11.3 Å². The van der Waals surface area contributed by atoms with Crippen LogP contribution in [-0.2, 0) is 9.59 Å². The molecule has 1 aromatic heterocycles. The molecule has 30 heavy (non-hydrogen) atoms. The Morgan fingerprint density at radius 1 is 1.07 bits per heavy atom. The second-order valence-corrected chi connectivity index (χ2v) is 11.5. The lowest BCUT2D eigenvalue weighted by molar-refractivity contribution is -0.158. The maximum absolute atomic E-state index is 13.8. The molecule has 166 valence electrons. The normalized spacial score (nSPS) is 29.4. The molecular weight excluding hydrogens is 396 g/mol. The van der Waals surface area contributed by atoms with E-state index in [2.05, 4.69) is 15.2 Å². The third-order valence-corrected chi connectivity index (χ3v) is 8.41. The SMILES string of the molecule is Cc1nc(NC(=O)CN(CCCN(C)C)C(=O)C23CC4CC(CC(C4)C2)C3)sc1C. The molecule has 0 atom stereocenters. The van der Waals surface area contributed by atoms with E-state index in [-0.39, 0.29) is 23.8 Å². The lowest BCUT2D eigenvalue weighted by Gasteiger charge is -2.56. The van der Waals surface area contributed by atoms with Gasteiger partial charge in [0.25, 0.3) is 0 Å². The van der Waals surface area contributed by atoms with Crippen molar-refractivity contribution in [3.05, 3.63) is 10.6 Å². The molecular formula is C23H36N4O2S. The van der Waals surface area contributed by atoms with E-state index >= 15 is 0 Å². The van der Waals surface area contributed by atoms with E-state index in [4.69, 9.17) is 0 Å². The van der Waals surface area contributed by atoms with Crippen molar-refractivity contribution >= 4 is 28.3 Å². The van der Waals surface area contributed by atoms with Crippen LogP contribution in [0.4, 0.5) is 5.13 Å². The van der Waals surface area contributed by atoms with Gasteiger partial charge in [0.2, 0.25) is 11.8 Å². The van der Waals surface area contributed by atoms with Crippen molar-refractivity contribution in [2.24, 2.45) is 23.2 Å². The van der Waals surface area contributed by atoms with Crippen LogP contribution >= 0.6 is 11.3 Å². The number of nitrogens with zero attached hydrogens (tertiary/aromatic N) is 3. The Hall–Kier alpha value is -1.47. The highest BCUT2D eigenvalue weighted by molar-refractivity contribution is 7.15. The lowest BCUT2D eigenvalue weighted by atomic mass is 9.49. The van der Waals surface area contributed by atoms with Crippen LogP contribution in [0.25, 0.3) is 0 Å². The Kier molecular flexibility index (Phi) is 6.22. The van der Waals surface area contributed by atoms with Crippen LogP contribution in [0.3, 0.4) is 0 Å². The second-order valence-electron chi connectivity index (χ2n) is 10.3. The van der Waals surface area contributed by atoms with E-state index in [1.807, 2.05) is 32.8 Å². The van der Waals surface area contributed by atoms with Crippen molar-refractivity contribution in [2.75, 3.05) is 39.0 Å². The summed E-state index contributed by atoms with van der Waals surface area (Å²) in [6, 6.07) is 0. The minimum absolute atomic E-state index is 0.131. The summed E-state index contributed by atoms with van der Waals surface area (Å²) >= 11 is 1.49. The zero-order valence-electron chi connectivity index (χ0n) is 18.9. The van der Waals surface area contributed by atoms with Crippen LogP contribution in [0.2, 0.25) is 0 Å². The minimum Gasteiger partial charge on any atom is -0.333 e. The van der Waals surface area contributed by atoms with E-state index in [0.717, 1.165) is 60.6 Å². The quantitative estimate of drug-likeness (QED) is 0.680. The van der Waals surface area contributed by atoms with E-state index in [9.17, 15) is 9.59 Å². The van der Waals surface area contributed by atoms with E-state index < -0.39 is 0 Å². The third kappa shape index (κ3) is 4.57. The molecule has 1 heterocycles. The molecule has 0 unspecified atom stereocenters. The Labute approximate surface area is 184 Å². The summed E-state index contributed by atoms with van der Waals surface area (Å²) in [6.07, 6.45) is 7.94. The van der Waals surface area contributed by atoms with Gasteiger partial charge >= 0.3 is 0 Å². The number of thiazole rings is 1. The fraction of sp³-hybridized carbons (Fsp3) is 0.783. The molecule has 6 nitrogen and oxygen atoms in total. The molecule has 7 heteroatoms. The van der Waals surface area contributed by atoms with Crippen LogP contribution in [0.5, 0.6) is 0 Å². The molecule has 0 radical (unpaired) electrons. The number of rotatable bonds is 8. The zero-order valence-corrected chi connectivity index (χ0v) is 19.7. The number of nitrogens with one attached hydrogen (secondary N) is 1. The Morgan fingerprint density at radius 3 is 2.17 bits per heavy atom. The number of hydrogen-bond donors (Lipinski definition) is 1. The van der Waals surface area contributed by atoms with Crippen LogP contribution in [0.1, 0.15) is 55.5 Å². The molecule has 0 spiro atoms. The van der Waals surface area contributed by atoms with Gasteiger partial charge in [-0.25, -0.2) is 4.98 Å². The number of amides is 2.